The molecular weight excluding hydrogens is 314 g/mol. The highest BCUT2D eigenvalue weighted by Crippen LogP contribution is 2.42. The first kappa shape index (κ1) is 14.1. The van der Waals surface area contributed by atoms with Crippen LogP contribution in [0.1, 0.15) is 30.5 Å². The van der Waals surface area contributed by atoms with Crippen LogP contribution in [0.25, 0.3) is 0 Å². The maximum Gasteiger partial charge on any atom is 0.305 e. The van der Waals surface area contributed by atoms with Gasteiger partial charge in [0.05, 0.1) is 6.42 Å². The van der Waals surface area contributed by atoms with Gasteiger partial charge in [0, 0.05) is 16.1 Å². The number of carboxylic acid groups (broad SMARTS) is 1. The zero-order chi connectivity index (χ0) is 14.0. The van der Waals surface area contributed by atoms with Crippen molar-refractivity contribution in [1.82, 2.24) is 0 Å². The summed E-state index contributed by atoms with van der Waals surface area (Å²) in [6.07, 6.45) is 0.582. The van der Waals surface area contributed by atoms with E-state index >= 15 is 0 Å². The molecule has 19 heavy (non-hydrogen) atoms. The maximum atomic E-state index is 10.8. The normalized spacial score (nSPS) is 15.1. The van der Waals surface area contributed by atoms with Crippen molar-refractivity contribution in [2.45, 2.75) is 25.8 Å². The van der Waals surface area contributed by atoms with Crippen LogP contribution >= 0.6 is 15.9 Å². The number of aliphatic carboxylic acids is 1. The summed E-state index contributed by atoms with van der Waals surface area (Å²) in [5.74, 6) is 0.449. The Morgan fingerprint density at radius 2 is 2.21 bits per heavy atom. The third-order valence-electron chi connectivity index (χ3n) is 3.04. The Kier molecular flexibility index (Phi) is 4.31. The van der Waals surface area contributed by atoms with Crippen molar-refractivity contribution in [2.24, 2.45) is 5.73 Å². The van der Waals surface area contributed by atoms with Gasteiger partial charge in [0.1, 0.15) is 13.2 Å². The van der Waals surface area contributed by atoms with Gasteiger partial charge in [-0.05, 0) is 18.1 Å². The largest absolute Gasteiger partial charge is 0.486 e. The summed E-state index contributed by atoms with van der Waals surface area (Å²) in [6.45, 7) is 3.00. The molecule has 0 radical (unpaired) electrons. The molecule has 0 bridgehead atoms. The van der Waals surface area contributed by atoms with Gasteiger partial charge in [0.2, 0.25) is 0 Å². The summed E-state index contributed by atoms with van der Waals surface area (Å²) in [4.78, 5) is 10.8. The van der Waals surface area contributed by atoms with Gasteiger partial charge in [-0.3, -0.25) is 4.79 Å². The molecule has 5 nitrogen and oxygen atoms in total. The van der Waals surface area contributed by atoms with Gasteiger partial charge < -0.3 is 20.3 Å². The fourth-order valence-electron chi connectivity index (χ4n) is 2.28. The molecule has 1 heterocycles. The number of hydrogen-bond acceptors (Lipinski definition) is 4. The molecular formula is C13H16BrNO4. The molecule has 1 atom stereocenters. The summed E-state index contributed by atoms with van der Waals surface area (Å²) in [5, 5.41) is 8.89. The number of rotatable bonds is 4. The predicted octanol–water partition coefficient (Wildman–Crippen LogP) is 2.26. The predicted molar refractivity (Wildman–Crippen MR) is 73.7 cm³/mol. The van der Waals surface area contributed by atoms with Crippen molar-refractivity contribution in [2.75, 3.05) is 13.2 Å². The first-order valence-electron chi connectivity index (χ1n) is 6.12. The number of fused-ring (bicyclic) bond motifs is 1. The third-order valence-corrected chi connectivity index (χ3v) is 3.70. The van der Waals surface area contributed by atoms with Gasteiger partial charge in [-0.2, -0.15) is 0 Å². The standard InChI is InChI=1S/C13H16BrNO4/c1-2-7-12(9(15)6-11(16)17)8(14)5-10-13(7)19-4-3-18-10/h5,9H,2-4,6,15H2,1H3,(H,16,17). The van der Waals surface area contributed by atoms with Crippen molar-refractivity contribution in [3.63, 3.8) is 0 Å². The minimum absolute atomic E-state index is 0.120. The van der Waals surface area contributed by atoms with Crippen molar-refractivity contribution < 1.29 is 19.4 Å². The average molecular weight is 330 g/mol. The summed E-state index contributed by atoms with van der Waals surface area (Å²) < 4.78 is 12.0. The molecule has 1 unspecified atom stereocenters. The number of carbonyl (C=O) groups is 1. The molecule has 0 aromatic heterocycles. The van der Waals surface area contributed by atoms with E-state index in [0.29, 0.717) is 31.1 Å². The van der Waals surface area contributed by atoms with Crippen LogP contribution in [0.5, 0.6) is 11.5 Å². The third kappa shape index (κ3) is 2.84. The first-order chi connectivity index (χ1) is 9.04. The van der Waals surface area contributed by atoms with Gasteiger partial charge in [-0.25, -0.2) is 0 Å². The Labute approximate surface area is 119 Å². The lowest BCUT2D eigenvalue weighted by Crippen LogP contribution is -2.21. The van der Waals surface area contributed by atoms with E-state index in [2.05, 4.69) is 15.9 Å². The topological polar surface area (TPSA) is 81.8 Å². The summed E-state index contributed by atoms with van der Waals surface area (Å²) in [7, 11) is 0. The van der Waals surface area contributed by atoms with E-state index in [1.54, 1.807) is 6.07 Å². The number of hydrogen-bond donors (Lipinski definition) is 2. The number of carboxylic acids is 1. The van der Waals surface area contributed by atoms with Crippen LogP contribution in [-0.2, 0) is 11.2 Å². The van der Waals surface area contributed by atoms with Gasteiger partial charge in [-0.15, -0.1) is 0 Å². The molecule has 1 aliphatic rings. The minimum Gasteiger partial charge on any atom is -0.486 e. The summed E-state index contributed by atoms with van der Waals surface area (Å²) in [6, 6.07) is 1.22. The van der Waals surface area contributed by atoms with Crippen molar-refractivity contribution in [3.8, 4) is 11.5 Å². The molecule has 0 amide bonds. The molecule has 6 heteroatoms. The zero-order valence-corrected chi connectivity index (χ0v) is 12.2. The Hall–Kier alpha value is -1.27. The average Bonchev–Trinajstić information content (AvgIpc) is 2.35. The van der Waals surface area contributed by atoms with E-state index in [1.165, 1.54) is 0 Å². The van der Waals surface area contributed by atoms with Gasteiger partial charge >= 0.3 is 5.97 Å². The van der Waals surface area contributed by atoms with Crippen LogP contribution in [0.2, 0.25) is 0 Å². The molecule has 0 saturated heterocycles. The summed E-state index contributed by atoms with van der Waals surface area (Å²) in [5.41, 5.74) is 7.70. The molecule has 2 rings (SSSR count). The van der Waals surface area contributed by atoms with Crippen LogP contribution in [0.4, 0.5) is 0 Å². The smallest absolute Gasteiger partial charge is 0.305 e. The Morgan fingerprint density at radius 3 is 2.84 bits per heavy atom. The highest BCUT2D eigenvalue weighted by Gasteiger charge is 2.25. The van der Waals surface area contributed by atoms with E-state index in [9.17, 15) is 4.79 Å². The number of ether oxygens (including phenoxy) is 2. The van der Waals surface area contributed by atoms with Crippen LogP contribution < -0.4 is 15.2 Å². The maximum absolute atomic E-state index is 10.8. The molecule has 1 aromatic carbocycles. The molecule has 104 valence electrons. The fraction of sp³-hybridized carbons (Fsp3) is 0.462. The lowest BCUT2D eigenvalue weighted by molar-refractivity contribution is -0.137. The molecule has 3 N–H and O–H groups in total. The van der Waals surface area contributed by atoms with E-state index < -0.39 is 12.0 Å². The molecule has 0 fully saturated rings. The Bertz CT molecular complexity index is 504. The van der Waals surface area contributed by atoms with Crippen LogP contribution in [-0.4, -0.2) is 24.3 Å². The van der Waals surface area contributed by atoms with Crippen LogP contribution in [0.3, 0.4) is 0 Å². The van der Waals surface area contributed by atoms with E-state index in [4.69, 9.17) is 20.3 Å². The van der Waals surface area contributed by atoms with E-state index in [-0.39, 0.29) is 6.42 Å². The quantitative estimate of drug-likeness (QED) is 0.885. The highest BCUT2D eigenvalue weighted by atomic mass is 79.9. The molecule has 1 aliphatic heterocycles. The number of nitrogens with two attached hydrogens (primary N) is 1. The van der Waals surface area contributed by atoms with Gasteiger partial charge in [0.25, 0.3) is 0 Å². The second-order valence-corrected chi connectivity index (χ2v) is 5.19. The molecule has 0 saturated carbocycles. The molecule has 0 spiro atoms. The van der Waals surface area contributed by atoms with Crippen molar-refractivity contribution in [3.05, 3.63) is 21.7 Å². The second kappa shape index (κ2) is 5.79. The van der Waals surface area contributed by atoms with E-state index in [0.717, 1.165) is 15.6 Å². The van der Waals surface area contributed by atoms with Crippen LogP contribution in [0, 0.1) is 0 Å². The monoisotopic (exact) mass is 329 g/mol. The van der Waals surface area contributed by atoms with Crippen LogP contribution in [0.15, 0.2) is 10.5 Å². The second-order valence-electron chi connectivity index (χ2n) is 4.33. The van der Waals surface area contributed by atoms with Gasteiger partial charge in [-0.1, -0.05) is 22.9 Å². The SMILES string of the molecule is CCc1c2c(cc(Br)c1C(N)CC(=O)O)OCCO2. The zero-order valence-electron chi connectivity index (χ0n) is 10.6. The highest BCUT2D eigenvalue weighted by molar-refractivity contribution is 9.10. The number of benzene rings is 1. The Morgan fingerprint density at radius 1 is 1.53 bits per heavy atom. The minimum atomic E-state index is -0.920. The molecule has 1 aromatic rings. The van der Waals surface area contributed by atoms with Crippen molar-refractivity contribution in [1.29, 1.82) is 0 Å². The lowest BCUT2D eigenvalue weighted by atomic mass is 9.95. The summed E-state index contributed by atoms with van der Waals surface area (Å²) >= 11 is 3.45. The van der Waals surface area contributed by atoms with Gasteiger partial charge in [0.15, 0.2) is 11.5 Å². The van der Waals surface area contributed by atoms with Crippen molar-refractivity contribution >= 4 is 21.9 Å². The van der Waals surface area contributed by atoms with E-state index in [1.807, 2.05) is 6.92 Å². The Balaban J connectivity index is 2.50. The molecule has 0 aliphatic carbocycles. The first-order valence-corrected chi connectivity index (χ1v) is 6.92. The number of halogens is 1. The fourth-order valence-corrected chi connectivity index (χ4v) is 3.02. The lowest BCUT2D eigenvalue weighted by Gasteiger charge is -2.25.